The molecule has 3 amide bonds. The number of carbonyl (C=O) groups is 3. The summed E-state index contributed by atoms with van der Waals surface area (Å²) in [5.41, 5.74) is -0.00872. The van der Waals surface area contributed by atoms with Crippen LogP contribution < -0.4 is 10.6 Å². The fourth-order valence-corrected chi connectivity index (χ4v) is 2.22. The molecule has 0 heterocycles. The minimum atomic E-state index is -3.47. The lowest BCUT2D eigenvalue weighted by Crippen LogP contribution is -2.44. The van der Waals surface area contributed by atoms with Crippen molar-refractivity contribution in [2.75, 3.05) is 12.8 Å². The maximum absolute atomic E-state index is 12.0. The number of imide groups is 1. The van der Waals surface area contributed by atoms with Crippen molar-refractivity contribution >= 4 is 27.7 Å². The molecule has 1 atom stereocenters. The Morgan fingerprint density at radius 1 is 1.26 bits per heavy atom. The van der Waals surface area contributed by atoms with Gasteiger partial charge < -0.3 is 10.1 Å². The van der Waals surface area contributed by atoms with Crippen LogP contribution in [0.5, 0.6) is 0 Å². The van der Waals surface area contributed by atoms with Crippen molar-refractivity contribution < 1.29 is 27.5 Å². The second kappa shape index (κ2) is 7.73. The van der Waals surface area contributed by atoms with Gasteiger partial charge in [-0.2, -0.15) is 0 Å². The number of rotatable bonds is 5. The average molecular weight is 342 g/mol. The Bertz CT molecular complexity index is 714. The number of urea groups is 1. The molecule has 23 heavy (non-hydrogen) atoms. The van der Waals surface area contributed by atoms with Gasteiger partial charge in [-0.3, -0.25) is 10.1 Å². The predicted molar refractivity (Wildman–Crippen MR) is 81.6 cm³/mol. The van der Waals surface area contributed by atoms with Crippen LogP contribution >= 0.6 is 0 Å². The van der Waals surface area contributed by atoms with E-state index in [9.17, 15) is 22.8 Å². The SMILES string of the molecule is CCNC(=O)NC(=O)[C@H](C)OC(=O)c1cccc(S(C)(=O)=O)c1. The molecular formula is C14H18N2O6S. The van der Waals surface area contributed by atoms with Gasteiger partial charge in [0, 0.05) is 12.8 Å². The first-order chi connectivity index (χ1) is 10.6. The van der Waals surface area contributed by atoms with E-state index < -0.39 is 33.8 Å². The number of nitrogens with one attached hydrogen (secondary N) is 2. The Hall–Kier alpha value is -2.42. The Morgan fingerprint density at radius 2 is 1.91 bits per heavy atom. The minimum absolute atomic E-state index is 0.00872. The third kappa shape index (κ3) is 5.70. The van der Waals surface area contributed by atoms with Crippen molar-refractivity contribution in [2.24, 2.45) is 0 Å². The predicted octanol–water partition coefficient (Wildman–Crippen LogP) is 0.481. The molecule has 0 aliphatic carbocycles. The number of hydrogen-bond acceptors (Lipinski definition) is 6. The Balaban J connectivity index is 2.76. The summed E-state index contributed by atoms with van der Waals surface area (Å²) in [7, 11) is -3.47. The van der Waals surface area contributed by atoms with Crippen LogP contribution in [0.3, 0.4) is 0 Å². The molecule has 0 bridgehead atoms. The number of ether oxygens (including phenoxy) is 1. The standard InChI is InChI=1S/C14H18N2O6S/c1-4-15-14(19)16-12(17)9(2)22-13(18)10-6-5-7-11(8-10)23(3,20)21/h5-9H,4H2,1-3H3,(H2,15,16,17,19)/t9-/m0/s1. The van der Waals surface area contributed by atoms with E-state index in [0.29, 0.717) is 6.54 Å². The lowest BCUT2D eigenvalue weighted by Gasteiger charge is -2.13. The van der Waals surface area contributed by atoms with E-state index in [1.165, 1.54) is 25.1 Å². The van der Waals surface area contributed by atoms with Gasteiger partial charge >= 0.3 is 12.0 Å². The number of benzene rings is 1. The fourth-order valence-electron chi connectivity index (χ4n) is 1.55. The van der Waals surface area contributed by atoms with E-state index in [-0.39, 0.29) is 10.5 Å². The Kier molecular flexibility index (Phi) is 6.26. The molecule has 0 fully saturated rings. The van der Waals surface area contributed by atoms with Gasteiger partial charge in [0.25, 0.3) is 5.91 Å². The largest absolute Gasteiger partial charge is 0.449 e. The second-order valence-electron chi connectivity index (χ2n) is 4.70. The third-order valence-corrected chi connectivity index (χ3v) is 3.84. The van der Waals surface area contributed by atoms with Crippen LogP contribution in [-0.2, 0) is 19.4 Å². The quantitative estimate of drug-likeness (QED) is 0.751. The van der Waals surface area contributed by atoms with E-state index in [1.807, 2.05) is 5.32 Å². The smallest absolute Gasteiger partial charge is 0.338 e. The number of sulfone groups is 1. The average Bonchev–Trinajstić information content (AvgIpc) is 2.46. The van der Waals surface area contributed by atoms with Gasteiger partial charge in [0.15, 0.2) is 15.9 Å². The first kappa shape index (κ1) is 18.6. The minimum Gasteiger partial charge on any atom is -0.449 e. The van der Waals surface area contributed by atoms with Gasteiger partial charge in [-0.25, -0.2) is 18.0 Å². The summed E-state index contributed by atoms with van der Waals surface area (Å²) in [5, 5.41) is 4.37. The molecule has 0 unspecified atom stereocenters. The lowest BCUT2D eigenvalue weighted by atomic mass is 10.2. The van der Waals surface area contributed by atoms with E-state index in [4.69, 9.17) is 4.74 Å². The molecule has 2 N–H and O–H groups in total. The van der Waals surface area contributed by atoms with Gasteiger partial charge in [-0.15, -0.1) is 0 Å². The monoisotopic (exact) mass is 342 g/mol. The van der Waals surface area contributed by atoms with E-state index in [0.717, 1.165) is 12.3 Å². The van der Waals surface area contributed by atoms with Crippen molar-refractivity contribution in [1.29, 1.82) is 0 Å². The van der Waals surface area contributed by atoms with Crippen LogP contribution in [0.1, 0.15) is 24.2 Å². The van der Waals surface area contributed by atoms with Crippen molar-refractivity contribution in [1.82, 2.24) is 10.6 Å². The zero-order chi connectivity index (χ0) is 17.6. The summed E-state index contributed by atoms with van der Waals surface area (Å²) in [6, 6.07) is 4.57. The first-order valence-electron chi connectivity index (χ1n) is 6.75. The van der Waals surface area contributed by atoms with Crippen molar-refractivity contribution in [2.45, 2.75) is 24.8 Å². The second-order valence-corrected chi connectivity index (χ2v) is 6.71. The number of carbonyl (C=O) groups excluding carboxylic acids is 3. The number of hydrogen-bond donors (Lipinski definition) is 2. The zero-order valence-corrected chi connectivity index (χ0v) is 13.8. The molecule has 0 aliphatic rings. The molecule has 9 heteroatoms. The molecular weight excluding hydrogens is 324 g/mol. The summed E-state index contributed by atoms with van der Waals surface area (Å²) >= 11 is 0. The highest BCUT2D eigenvalue weighted by atomic mass is 32.2. The molecule has 0 radical (unpaired) electrons. The van der Waals surface area contributed by atoms with Crippen LogP contribution in [-0.4, -0.2) is 45.2 Å². The summed E-state index contributed by atoms with van der Waals surface area (Å²) in [6.07, 6.45) is -0.202. The third-order valence-electron chi connectivity index (χ3n) is 2.72. The van der Waals surface area contributed by atoms with Gasteiger partial charge in [-0.05, 0) is 32.0 Å². The molecule has 8 nitrogen and oxygen atoms in total. The zero-order valence-electron chi connectivity index (χ0n) is 13.0. The Morgan fingerprint density at radius 3 is 2.48 bits per heavy atom. The van der Waals surface area contributed by atoms with Gasteiger partial charge in [0.1, 0.15) is 0 Å². The first-order valence-corrected chi connectivity index (χ1v) is 8.64. The molecule has 1 rings (SSSR count). The maximum atomic E-state index is 12.0. The van der Waals surface area contributed by atoms with Crippen LogP contribution in [0.4, 0.5) is 4.79 Å². The van der Waals surface area contributed by atoms with Crippen molar-refractivity contribution in [3.63, 3.8) is 0 Å². The van der Waals surface area contributed by atoms with Crippen LogP contribution in [0.2, 0.25) is 0 Å². The molecule has 0 spiro atoms. The van der Waals surface area contributed by atoms with Crippen LogP contribution in [0.25, 0.3) is 0 Å². The summed E-state index contributed by atoms with van der Waals surface area (Å²) in [5.74, 6) is -1.65. The molecule has 0 saturated carbocycles. The topological polar surface area (TPSA) is 119 Å². The highest BCUT2D eigenvalue weighted by Gasteiger charge is 2.21. The molecule has 0 aromatic heterocycles. The van der Waals surface area contributed by atoms with E-state index in [1.54, 1.807) is 6.92 Å². The number of amides is 3. The van der Waals surface area contributed by atoms with Crippen molar-refractivity contribution in [3.8, 4) is 0 Å². The van der Waals surface area contributed by atoms with E-state index >= 15 is 0 Å². The van der Waals surface area contributed by atoms with Crippen LogP contribution in [0.15, 0.2) is 29.2 Å². The van der Waals surface area contributed by atoms with Gasteiger partial charge in [-0.1, -0.05) is 6.07 Å². The van der Waals surface area contributed by atoms with Crippen LogP contribution in [0, 0.1) is 0 Å². The Labute approximate surface area is 134 Å². The molecule has 1 aromatic carbocycles. The molecule has 0 saturated heterocycles. The van der Waals surface area contributed by atoms with Crippen molar-refractivity contribution in [3.05, 3.63) is 29.8 Å². The van der Waals surface area contributed by atoms with Gasteiger partial charge in [0.2, 0.25) is 0 Å². The lowest BCUT2D eigenvalue weighted by molar-refractivity contribution is -0.127. The highest BCUT2D eigenvalue weighted by Crippen LogP contribution is 2.13. The summed E-state index contributed by atoms with van der Waals surface area (Å²) in [6.45, 7) is 3.32. The summed E-state index contributed by atoms with van der Waals surface area (Å²) < 4.78 is 27.8. The van der Waals surface area contributed by atoms with Gasteiger partial charge in [0.05, 0.1) is 10.5 Å². The molecule has 126 valence electrons. The fraction of sp³-hybridized carbons (Fsp3) is 0.357. The molecule has 1 aromatic rings. The summed E-state index contributed by atoms with van der Waals surface area (Å²) in [4.78, 5) is 34.8. The highest BCUT2D eigenvalue weighted by molar-refractivity contribution is 7.90. The molecule has 0 aliphatic heterocycles. The number of esters is 1. The van der Waals surface area contributed by atoms with E-state index in [2.05, 4.69) is 5.32 Å². The maximum Gasteiger partial charge on any atom is 0.338 e. The normalized spacial score (nSPS) is 12.1.